The Labute approximate surface area is 235 Å². The van der Waals surface area contributed by atoms with E-state index in [4.69, 9.17) is 0 Å². The largest absolute Gasteiger partial charge is 0.338 e. The Kier molecular flexibility index (Phi) is 7.17. The number of hydrogen-bond acceptors (Lipinski definition) is 6. The highest BCUT2D eigenvalue weighted by Gasteiger charge is 2.30. The fraction of sp³-hybridized carbons (Fsp3) is 0.200. The third-order valence-corrected chi connectivity index (χ3v) is 8.73. The third kappa shape index (κ3) is 5.20. The first-order valence-corrected chi connectivity index (χ1v) is 14.7. The monoisotopic (exact) mass is 553 g/mol. The number of benzene rings is 3. The Morgan fingerprint density at radius 3 is 2.49 bits per heavy atom. The summed E-state index contributed by atoms with van der Waals surface area (Å²) < 4.78 is 2.01. The van der Waals surface area contributed by atoms with Gasteiger partial charge in [0.1, 0.15) is 0 Å². The molecule has 7 nitrogen and oxygen atoms in total. The van der Waals surface area contributed by atoms with E-state index in [1.807, 2.05) is 112 Å². The standard InChI is InChI=1S/C30H27N5O2S2/c1-21-19-33(15-16-34(21)29(37)24-14-13-22-8-5-6-9-23(22)18-24)27(36)20-39-30-32-31-28(26-12-7-17-38-26)35(30)25-10-3-2-4-11-25/h2-14,17-18,21H,15-16,19-20H2,1H3. The van der Waals surface area contributed by atoms with E-state index in [9.17, 15) is 9.59 Å². The van der Waals surface area contributed by atoms with Crippen molar-refractivity contribution < 1.29 is 9.59 Å². The molecule has 196 valence electrons. The molecule has 1 aliphatic rings. The number of aromatic nitrogens is 3. The van der Waals surface area contributed by atoms with E-state index in [0.717, 1.165) is 27.2 Å². The highest BCUT2D eigenvalue weighted by Crippen LogP contribution is 2.30. The molecule has 6 rings (SSSR count). The van der Waals surface area contributed by atoms with Gasteiger partial charge in [0.2, 0.25) is 5.91 Å². The van der Waals surface area contributed by atoms with Crippen molar-refractivity contribution in [2.45, 2.75) is 18.1 Å². The van der Waals surface area contributed by atoms with Gasteiger partial charge < -0.3 is 9.80 Å². The van der Waals surface area contributed by atoms with Gasteiger partial charge in [0.25, 0.3) is 5.91 Å². The Hall–Kier alpha value is -3.95. The summed E-state index contributed by atoms with van der Waals surface area (Å²) in [6, 6.07) is 27.8. The molecule has 2 amide bonds. The van der Waals surface area contributed by atoms with Gasteiger partial charge in [-0.3, -0.25) is 14.2 Å². The maximum absolute atomic E-state index is 13.3. The van der Waals surface area contributed by atoms with Crippen molar-refractivity contribution >= 4 is 45.7 Å². The van der Waals surface area contributed by atoms with Crippen LogP contribution < -0.4 is 0 Å². The molecular weight excluding hydrogens is 526 g/mol. The van der Waals surface area contributed by atoms with Crippen LogP contribution in [-0.4, -0.2) is 67.8 Å². The summed E-state index contributed by atoms with van der Waals surface area (Å²) in [5, 5.41) is 13.7. The van der Waals surface area contributed by atoms with Gasteiger partial charge in [-0.1, -0.05) is 66.4 Å². The number of para-hydroxylation sites is 1. The maximum atomic E-state index is 13.3. The van der Waals surface area contributed by atoms with Crippen molar-refractivity contribution in [1.29, 1.82) is 0 Å². The summed E-state index contributed by atoms with van der Waals surface area (Å²) in [5.74, 6) is 1.05. The molecule has 1 fully saturated rings. The van der Waals surface area contributed by atoms with E-state index in [1.165, 1.54) is 11.8 Å². The summed E-state index contributed by atoms with van der Waals surface area (Å²) in [7, 11) is 0. The van der Waals surface area contributed by atoms with E-state index in [0.29, 0.717) is 30.4 Å². The zero-order valence-electron chi connectivity index (χ0n) is 21.4. The van der Waals surface area contributed by atoms with Crippen molar-refractivity contribution in [2.75, 3.05) is 25.4 Å². The van der Waals surface area contributed by atoms with E-state index >= 15 is 0 Å². The second-order valence-corrected chi connectivity index (χ2v) is 11.4. The molecule has 0 saturated carbocycles. The van der Waals surface area contributed by atoms with E-state index in [1.54, 1.807) is 11.3 Å². The Morgan fingerprint density at radius 2 is 1.72 bits per heavy atom. The number of amides is 2. The summed E-state index contributed by atoms with van der Waals surface area (Å²) in [4.78, 5) is 31.3. The summed E-state index contributed by atoms with van der Waals surface area (Å²) in [6.45, 7) is 3.52. The zero-order valence-corrected chi connectivity index (χ0v) is 23.1. The minimum Gasteiger partial charge on any atom is -0.338 e. The first-order chi connectivity index (χ1) is 19.1. The fourth-order valence-electron chi connectivity index (χ4n) is 4.93. The maximum Gasteiger partial charge on any atom is 0.254 e. The van der Waals surface area contributed by atoms with Crippen molar-refractivity contribution in [3.8, 4) is 16.4 Å². The zero-order chi connectivity index (χ0) is 26.8. The minimum atomic E-state index is -0.0786. The number of hydrogen-bond donors (Lipinski definition) is 0. The molecule has 9 heteroatoms. The highest BCUT2D eigenvalue weighted by atomic mass is 32.2. The fourth-order valence-corrected chi connectivity index (χ4v) is 6.48. The number of carbonyl (C=O) groups is 2. The van der Waals surface area contributed by atoms with Gasteiger partial charge in [0.15, 0.2) is 11.0 Å². The summed E-state index contributed by atoms with van der Waals surface area (Å²) in [5.41, 5.74) is 1.63. The van der Waals surface area contributed by atoms with Crippen molar-refractivity contribution in [3.63, 3.8) is 0 Å². The summed E-state index contributed by atoms with van der Waals surface area (Å²) in [6.07, 6.45) is 0. The normalized spacial score (nSPS) is 15.6. The van der Waals surface area contributed by atoms with Crippen LogP contribution in [0.4, 0.5) is 0 Å². The van der Waals surface area contributed by atoms with Gasteiger partial charge in [-0.2, -0.15) is 0 Å². The Bertz CT molecular complexity index is 1620. The number of carbonyl (C=O) groups excluding carboxylic acids is 2. The van der Waals surface area contributed by atoms with Crippen LogP contribution in [0.5, 0.6) is 0 Å². The first-order valence-electron chi connectivity index (χ1n) is 12.8. The van der Waals surface area contributed by atoms with Crippen LogP contribution in [0.25, 0.3) is 27.2 Å². The van der Waals surface area contributed by atoms with Crippen LogP contribution in [0, 0.1) is 0 Å². The molecule has 0 spiro atoms. The average molecular weight is 554 g/mol. The summed E-state index contributed by atoms with van der Waals surface area (Å²) >= 11 is 3.00. The van der Waals surface area contributed by atoms with Crippen LogP contribution in [0.3, 0.4) is 0 Å². The number of rotatable bonds is 6. The predicted molar refractivity (Wildman–Crippen MR) is 156 cm³/mol. The van der Waals surface area contributed by atoms with Crippen LogP contribution in [0.2, 0.25) is 0 Å². The molecule has 0 radical (unpaired) electrons. The number of piperazine rings is 1. The number of nitrogens with zero attached hydrogens (tertiary/aromatic N) is 5. The third-order valence-electron chi connectivity index (χ3n) is 6.95. The quantitative estimate of drug-likeness (QED) is 0.256. The molecule has 1 aliphatic heterocycles. The lowest BCUT2D eigenvalue weighted by Gasteiger charge is -2.40. The van der Waals surface area contributed by atoms with Gasteiger partial charge in [-0.05, 0) is 53.4 Å². The molecule has 5 aromatic rings. The number of thioether (sulfide) groups is 1. The van der Waals surface area contributed by atoms with Crippen LogP contribution in [0.15, 0.2) is 95.5 Å². The first kappa shape index (κ1) is 25.3. The van der Waals surface area contributed by atoms with Gasteiger partial charge in [0.05, 0.1) is 10.6 Å². The topological polar surface area (TPSA) is 71.3 Å². The predicted octanol–water partition coefficient (Wildman–Crippen LogP) is 5.61. The van der Waals surface area contributed by atoms with Gasteiger partial charge in [-0.15, -0.1) is 21.5 Å². The molecular formula is C30H27N5O2S2. The molecule has 3 heterocycles. The number of fused-ring (bicyclic) bond motifs is 1. The second kappa shape index (κ2) is 11.0. The van der Waals surface area contributed by atoms with Crippen LogP contribution in [0.1, 0.15) is 17.3 Å². The minimum absolute atomic E-state index is 0.00629. The van der Waals surface area contributed by atoms with Gasteiger partial charge >= 0.3 is 0 Å². The van der Waals surface area contributed by atoms with Crippen LogP contribution in [-0.2, 0) is 4.79 Å². The second-order valence-electron chi connectivity index (χ2n) is 9.49. The molecule has 1 saturated heterocycles. The van der Waals surface area contributed by atoms with Gasteiger partial charge in [0, 0.05) is 36.9 Å². The molecule has 39 heavy (non-hydrogen) atoms. The molecule has 1 unspecified atom stereocenters. The van der Waals surface area contributed by atoms with E-state index in [2.05, 4.69) is 10.2 Å². The lowest BCUT2D eigenvalue weighted by Crippen LogP contribution is -2.55. The average Bonchev–Trinajstić information content (AvgIpc) is 3.66. The SMILES string of the molecule is CC1CN(C(=O)CSc2nnc(-c3cccs3)n2-c2ccccc2)CCN1C(=O)c1ccc2ccccc2c1. The molecule has 3 aromatic carbocycles. The van der Waals surface area contributed by atoms with Crippen LogP contribution >= 0.6 is 23.1 Å². The number of thiophene rings is 1. The van der Waals surface area contributed by atoms with Crippen molar-refractivity contribution in [2.24, 2.45) is 0 Å². The lowest BCUT2D eigenvalue weighted by atomic mass is 10.0. The Morgan fingerprint density at radius 1 is 0.923 bits per heavy atom. The van der Waals surface area contributed by atoms with E-state index < -0.39 is 0 Å². The molecule has 1 atom stereocenters. The molecule has 0 bridgehead atoms. The van der Waals surface area contributed by atoms with Crippen molar-refractivity contribution in [3.05, 3.63) is 95.9 Å². The smallest absolute Gasteiger partial charge is 0.254 e. The highest BCUT2D eigenvalue weighted by molar-refractivity contribution is 7.99. The van der Waals surface area contributed by atoms with E-state index in [-0.39, 0.29) is 23.6 Å². The van der Waals surface area contributed by atoms with Gasteiger partial charge in [-0.25, -0.2) is 0 Å². The molecule has 2 aromatic heterocycles. The lowest BCUT2D eigenvalue weighted by molar-refractivity contribution is -0.130. The molecule has 0 N–H and O–H groups in total. The Balaban J connectivity index is 1.12. The molecule has 0 aliphatic carbocycles. The van der Waals surface area contributed by atoms with Crippen molar-refractivity contribution in [1.82, 2.24) is 24.6 Å².